The van der Waals surface area contributed by atoms with E-state index >= 15 is 0 Å². The molecule has 9 nitrogen and oxygen atoms in total. The van der Waals surface area contributed by atoms with Gasteiger partial charge in [0.25, 0.3) is 0 Å². The molecule has 0 fully saturated rings. The normalized spacial score (nSPS) is 17.6. The van der Waals surface area contributed by atoms with Crippen LogP contribution in [0.15, 0.2) is 82.2 Å². The Morgan fingerprint density at radius 2 is 1.61 bits per heavy atom. The van der Waals surface area contributed by atoms with Crippen LogP contribution in [0.5, 0.6) is 11.5 Å². The Labute approximate surface area is 180 Å². The van der Waals surface area contributed by atoms with Crippen molar-refractivity contribution in [3.63, 3.8) is 0 Å². The number of carbonyl (C=O) groups excluding carboxylic acids is 1. The van der Waals surface area contributed by atoms with Crippen LogP contribution in [0.3, 0.4) is 0 Å². The topological polar surface area (TPSA) is 127 Å². The second kappa shape index (κ2) is 8.27. The number of nitrogens with zero attached hydrogens (tertiary/aromatic N) is 1. The van der Waals surface area contributed by atoms with E-state index in [0.29, 0.717) is 11.5 Å². The Morgan fingerprint density at radius 1 is 1.03 bits per heavy atom. The Balaban J connectivity index is 2.10. The van der Waals surface area contributed by atoms with E-state index in [0.717, 1.165) is 12.2 Å². The summed E-state index contributed by atoms with van der Waals surface area (Å²) in [5.74, 6) is -0.755. The molecule has 11 heteroatoms. The number of ether oxygens (including phenoxy) is 1. The van der Waals surface area contributed by atoms with Gasteiger partial charge in [0.2, 0.25) is 15.5 Å². The average Bonchev–Trinajstić information content (AvgIpc) is 2.82. The molecular weight excluding hydrogens is 444 g/mol. The van der Waals surface area contributed by atoms with Crippen molar-refractivity contribution in [2.45, 2.75) is 4.90 Å². The van der Waals surface area contributed by atoms with Crippen LogP contribution in [-0.4, -0.2) is 51.7 Å². The van der Waals surface area contributed by atoms with Gasteiger partial charge in [-0.3, -0.25) is 10.0 Å². The first kappa shape index (κ1) is 22.7. The Kier molecular flexibility index (Phi) is 6.05. The van der Waals surface area contributed by atoms with E-state index in [1.165, 1.54) is 43.8 Å². The van der Waals surface area contributed by atoms with Crippen molar-refractivity contribution in [2.24, 2.45) is 0 Å². The fourth-order valence-corrected chi connectivity index (χ4v) is 5.84. The third-order valence-corrected chi connectivity index (χ3v) is 8.75. The lowest BCUT2D eigenvalue weighted by atomic mass is 10.3. The van der Waals surface area contributed by atoms with Crippen LogP contribution in [0.2, 0.25) is 0 Å². The van der Waals surface area contributed by atoms with Gasteiger partial charge in [-0.15, -0.1) is 0 Å². The summed E-state index contributed by atoms with van der Waals surface area (Å²) in [5.41, 5.74) is 0.726. The highest BCUT2D eigenvalue weighted by atomic mass is 32.2. The number of hydroxylamine groups is 1. The van der Waals surface area contributed by atoms with E-state index in [1.807, 2.05) is 6.07 Å². The largest absolute Gasteiger partial charge is 0.457 e. The first-order chi connectivity index (χ1) is 14.5. The summed E-state index contributed by atoms with van der Waals surface area (Å²) in [6, 6.07) is 14.4. The number of likely N-dealkylation sites (N-methyl/N-ethyl adjacent to an activating group) is 1. The lowest BCUT2D eigenvalue weighted by molar-refractivity contribution is -0.714. The van der Waals surface area contributed by atoms with Crippen LogP contribution in [0, 0.1) is 0 Å². The molecule has 0 bridgehead atoms. The predicted molar refractivity (Wildman–Crippen MR) is 112 cm³/mol. The van der Waals surface area contributed by atoms with Gasteiger partial charge in [-0.1, -0.05) is 24.3 Å². The fraction of sp³-hybridized carbons (Fsp3) is 0.150. The molecule has 1 aliphatic heterocycles. The highest BCUT2D eigenvalue weighted by Gasteiger charge is 2.46. The second-order valence-corrected chi connectivity index (χ2v) is 11.4. The number of hydrogen-bond acceptors (Lipinski definition) is 7. The summed E-state index contributed by atoms with van der Waals surface area (Å²) in [7, 11) is -5.97. The number of amides is 1. The molecular formula is C20H21N2O7S2+. The zero-order valence-electron chi connectivity index (χ0n) is 16.7. The van der Waals surface area contributed by atoms with Crippen molar-refractivity contribution in [1.82, 2.24) is 5.48 Å². The maximum absolute atomic E-state index is 13.3. The maximum atomic E-state index is 13.3. The molecule has 1 aliphatic rings. The summed E-state index contributed by atoms with van der Waals surface area (Å²) in [4.78, 5) is 11.7. The Bertz CT molecular complexity index is 1260. The van der Waals surface area contributed by atoms with Crippen LogP contribution in [-0.2, 0) is 24.7 Å². The lowest BCUT2D eigenvalue weighted by Gasteiger charge is -2.28. The standard InChI is InChI=1S/C20H20N2O7S2/c1-22(2)19(20(23)21-24)18(9-6-14-30(22,25)26)31(27,28)17-12-10-16(11-13-17)29-15-7-4-3-5-8-15/h3-13H,14H2,1-2H3,(H-,21,23,24)/p+1. The van der Waals surface area contributed by atoms with E-state index in [4.69, 9.17) is 9.94 Å². The van der Waals surface area contributed by atoms with Gasteiger partial charge in [0.15, 0.2) is 0 Å². The second-order valence-electron chi connectivity index (χ2n) is 7.05. The average molecular weight is 466 g/mol. The van der Waals surface area contributed by atoms with Gasteiger partial charge in [0.1, 0.15) is 22.2 Å². The SMILES string of the molecule is C[N+]1(C)C(C(=O)NO)=C(S(=O)(=O)c2ccc(Oc3ccccc3)cc2)C=CCS1(=O)=O. The van der Waals surface area contributed by atoms with E-state index in [2.05, 4.69) is 0 Å². The van der Waals surface area contributed by atoms with Crippen LogP contribution < -0.4 is 10.2 Å². The molecule has 0 unspecified atom stereocenters. The van der Waals surface area contributed by atoms with E-state index in [-0.39, 0.29) is 4.90 Å². The van der Waals surface area contributed by atoms with Crippen LogP contribution >= 0.6 is 0 Å². The number of quaternary nitrogens is 1. The minimum atomic E-state index is -4.32. The molecule has 31 heavy (non-hydrogen) atoms. The highest BCUT2D eigenvalue weighted by Crippen LogP contribution is 2.33. The van der Waals surface area contributed by atoms with E-state index in [9.17, 15) is 21.6 Å². The van der Waals surface area contributed by atoms with Crippen molar-refractivity contribution in [1.29, 1.82) is 0 Å². The minimum Gasteiger partial charge on any atom is -0.457 e. The first-order valence-corrected chi connectivity index (χ1v) is 12.1. The van der Waals surface area contributed by atoms with Gasteiger partial charge in [0, 0.05) is 0 Å². The van der Waals surface area contributed by atoms with Crippen LogP contribution in [0.1, 0.15) is 0 Å². The van der Waals surface area contributed by atoms with Gasteiger partial charge in [-0.2, -0.15) is 12.3 Å². The van der Waals surface area contributed by atoms with Gasteiger partial charge < -0.3 is 4.74 Å². The number of hydrogen-bond donors (Lipinski definition) is 2. The number of rotatable bonds is 5. The molecule has 0 aliphatic carbocycles. The van der Waals surface area contributed by atoms with Gasteiger partial charge >= 0.3 is 15.9 Å². The number of benzene rings is 2. The zero-order chi connectivity index (χ0) is 22.9. The lowest BCUT2D eigenvalue weighted by Crippen LogP contribution is -2.50. The monoisotopic (exact) mass is 465 g/mol. The molecule has 0 saturated heterocycles. The molecule has 0 saturated carbocycles. The number of sulfone groups is 1. The van der Waals surface area contributed by atoms with Crippen molar-refractivity contribution < 1.29 is 35.5 Å². The van der Waals surface area contributed by atoms with Gasteiger partial charge in [0.05, 0.1) is 19.0 Å². The fourth-order valence-electron chi connectivity index (χ4n) is 3.01. The van der Waals surface area contributed by atoms with E-state index in [1.54, 1.807) is 24.3 Å². The zero-order valence-corrected chi connectivity index (χ0v) is 18.4. The minimum absolute atomic E-state index is 0.171. The summed E-state index contributed by atoms with van der Waals surface area (Å²) in [6.07, 6.45) is 2.23. The number of carbonyl (C=O) groups is 1. The number of nitrogens with one attached hydrogen (secondary N) is 1. The van der Waals surface area contributed by atoms with Gasteiger partial charge in [-0.05, 0) is 42.5 Å². The van der Waals surface area contributed by atoms with Crippen LogP contribution in [0.4, 0.5) is 0 Å². The quantitative estimate of drug-likeness (QED) is 0.392. The third kappa shape index (κ3) is 4.26. The van der Waals surface area contributed by atoms with Crippen molar-refractivity contribution in [2.75, 3.05) is 19.8 Å². The van der Waals surface area contributed by atoms with E-state index < -0.39 is 46.0 Å². The molecule has 1 amide bonds. The molecule has 2 aromatic carbocycles. The molecule has 164 valence electrons. The molecule has 3 rings (SSSR count). The molecule has 0 radical (unpaired) electrons. The Hall–Kier alpha value is -2.99. The molecule has 0 spiro atoms. The summed E-state index contributed by atoms with van der Waals surface area (Å²) < 4.78 is 56.4. The third-order valence-electron chi connectivity index (χ3n) is 4.76. The molecule has 2 N–H and O–H groups in total. The van der Waals surface area contributed by atoms with Crippen LogP contribution in [0.25, 0.3) is 0 Å². The van der Waals surface area contributed by atoms with Crippen molar-refractivity contribution in [3.05, 3.63) is 77.4 Å². The maximum Gasteiger partial charge on any atom is 0.331 e. The molecule has 0 atom stereocenters. The summed E-state index contributed by atoms with van der Waals surface area (Å²) in [5, 5.41) is 9.14. The smallest absolute Gasteiger partial charge is 0.331 e. The van der Waals surface area contributed by atoms with Crippen molar-refractivity contribution in [3.8, 4) is 11.5 Å². The summed E-state index contributed by atoms with van der Waals surface area (Å²) in [6.45, 7) is 0. The molecule has 1 heterocycles. The summed E-state index contributed by atoms with van der Waals surface area (Å²) >= 11 is 0. The predicted octanol–water partition coefficient (Wildman–Crippen LogP) is 1.95. The van der Waals surface area contributed by atoms with Gasteiger partial charge in [-0.25, -0.2) is 13.9 Å². The highest BCUT2D eigenvalue weighted by molar-refractivity contribution is 7.95. The number of para-hydroxylation sites is 1. The first-order valence-electron chi connectivity index (χ1n) is 9.01. The molecule has 0 aromatic heterocycles. The number of allylic oxidation sites excluding steroid dienone is 1. The van der Waals surface area contributed by atoms with Crippen molar-refractivity contribution >= 4 is 25.8 Å². The Morgan fingerprint density at radius 3 is 2.19 bits per heavy atom. The molecule has 2 aromatic rings. The number of sulfonamides is 1.